The van der Waals surface area contributed by atoms with Crippen molar-refractivity contribution < 1.29 is 39.6 Å². The third-order valence-corrected chi connectivity index (χ3v) is 16.5. The van der Waals surface area contributed by atoms with Crippen LogP contribution in [-0.2, 0) is 24.7 Å². The van der Waals surface area contributed by atoms with Crippen LogP contribution < -0.4 is 14.9 Å². The maximum absolute atomic E-state index is 14.2. The number of piperazine rings is 1. The third kappa shape index (κ3) is 14.4. The zero-order valence-corrected chi connectivity index (χ0v) is 41.8. The van der Waals surface area contributed by atoms with E-state index in [0.29, 0.717) is 30.6 Å². The van der Waals surface area contributed by atoms with Crippen LogP contribution in [0.15, 0.2) is 122 Å². The summed E-state index contributed by atoms with van der Waals surface area (Å²) in [5.74, 6) is -1.12. The number of halogens is 4. The Balaban J connectivity index is 1.13. The fourth-order valence-electron chi connectivity index (χ4n) is 8.34. The molecule has 0 spiro atoms. The highest BCUT2D eigenvalue weighted by molar-refractivity contribution is 7.99. The molecule has 2 aliphatic rings. The summed E-state index contributed by atoms with van der Waals surface area (Å²) in [6, 6.07) is 24.9. The predicted octanol–water partition coefficient (Wildman–Crippen LogP) is 10.0. The normalized spacial score (nSPS) is 16.1. The Morgan fingerprint density at radius 2 is 1.64 bits per heavy atom. The van der Waals surface area contributed by atoms with Gasteiger partial charge in [0.15, 0.2) is 0 Å². The lowest BCUT2D eigenvalue weighted by Crippen LogP contribution is -2.47. The lowest BCUT2D eigenvalue weighted by molar-refractivity contribution is -0.130. The highest BCUT2D eigenvalue weighted by atomic mass is 35.5. The Kier molecular flexibility index (Phi) is 17.8. The van der Waals surface area contributed by atoms with E-state index in [-0.39, 0.29) is 48.6 Å². The van der Waals surface area contributed by atoms with Gasteiger partial charge in [-0.2, -0.15) is 13.2 Å². The Morgan fingerprint density at radius 1 is 0.957 bits per heavy atom. The third-order valence-electron chi connectivity index (χ3n) is 12.2. The maximum Gasteiger partial charge on any atom is 0.501 e. The molecule has 4 aromatic rings. The molecule has 370 valence electrons. The predicted molar refractivity (Wildman–Crippen MR) is 266 cm³/mol. The highest BCUT2D eigenvalue weighted by Crippen LogP contribution is 2.43. The molecular weight excluding hydrogens is 973 g/mol. The minimum Gasteiger partial charge on any atom is -0.380 e. The Labute approximate surface area is 411 Å². The Bertz CT molecular complexity index is 2750. The van der Waals surface area contributed by atoms with E-state index in [1.807, 2.05) is 35.1 Å². The SMILES string of the molecule is CN(CCC(CSc1ccccc1)Nc1ccc(S(=O)(=O)NC(=O)c2ccc(N3CCN(CC4=C(c5ccc(Cl)cc5)CCC(C)(C)C4)CC3)cc2)cc1S(=O)(=O)C(F)(F)F)C(=O)CCCN=[N+]=[N-]. The number of rotatable bonds is 20. The van der Waals surface area contributed by atoms with Crippen LogP contribution in [0.4, 0.5) is 24.5 Å². The van der Waals surface area contributed by atoms with E-state index in [9.17, 15) is 39.6 Å². The van der Waals surface area contributed by atoms with E-state index in [1.54, 1.807) is 24.3 Å². The van der Waals surface area contributed by atoms with Crippen LogP contribution in [0.5, 0.6) is 0 Å². The van der Waals surface area contributed by atoms with Crippen LogP contribution in [0.2, 0.25) is 5.02 Å². The lowest BCUT2D eigenvalue weighted by atomic mass is 9.73. The summed E-state index contributed by atoms with van der Waals surface area (Å²) in [7, 11) is -9.52. The summed E-state index contributed by atoms with van der Waals surface area (Å²) in [6.07, 6.45) is 3.66. The van der Waals surface area contributed by atoms with Gasteiger partial charge in [-0.05, 0) is 121 Å². The molecule has 1 aliphatic heterocycles. The van der Waals surface area contributed by atoms with E-state index in [4.69, 9.17) is 17.1 Å². The number of thioether (sulfide) groups is 1. The van der Waals surface area contributed by atoms with Crippen LogP contribution in [-0.4, -0.2) is 109 Å². The molecule has 0 bridgehead atoms. The molecule has 21 heteroatoms. The van der Waals surface area contributed by atoms with Gasteiger partial charge in [0.05, 0.1) is 10.6 Å². The quantitative estimate of drug-likeness (QED) is 0.0284. The van der Waals surface area contributed by atoms with Crippen molar-refractivity contribution in [2.75, 3.05) is 68.8 Å². The van der Waals surface area contributed by atoms with Crippen molar-refractivity contribution in [2.45, 2.75) is 78.6 Å². The van der Waals surface area contributed by atoms with Gasteiger partial charge in [0.2, 0.25) is 5.91 Å². The lowest BCUT2D eigenvalue weighted by Gasteiger charge is -2.39. The van der Waals surface area contributed by atoms with E-state index in [1.165, 1.54) is 52.6 Å². The van der Waals surface area contributed by atoms with Crippen molar-refractivity contribution in [3.05, 3.63) is 129 Å². The molecule has 1 aliphatic carbocycles. The molecule has 4 aromatic carbocycles. The molecule has 1 fully saturated rings. The standard InChI is InChI=1S/C48H56ClF3N8O6S3/c1-47(2)23-21-42(34-11-15-37(49)16-12-34)36(31-47)32-59-26-28-60(29-27-59)39-17-13-35(14-18-39)46(62)56-69(65,66)41-19-20-43(44(30-41)68(63,64)48(50,51)52)55-38(33-67-40-8-5-4-6-9-40)22-25-58(3)45(61)10-7-24-54-57-53/h4-6,8-9,11-20,30,38,55H,7,10,21-29,31-33H2,1-3H3,(H,56,62). The molecule has 14 nitrogen and oxygen atoms in total. The number of alkyl halides is 3. The zero-order valence-electron chi connectivity index (χ0n) is 38.6. The summed E-state index contributed by atoms with van der Waals surface area (Å²) in [4.78, 5) is 33.4. The molecule has 2 amide bonds. The smallest absolute Gasteiger partial charge is 0.380 e. The topological polar surface area (TPSA) is 185 Å². The van der Waals surface area contributed by atoms with Crippen LogP contribution in [0.3, 0.4) is 0 Å². The molecule has 1 unspecified atom stereocenters. The maximum atomic E-state index is 14.2. The van der Waals surface area contributed by atoms with Crippen LogP contribution >= 0.6 is 23.4 Å². The van der Waals surface area contributed by atoms with Crippen LogP contribution in [0.1, 0.15) is 68.3 Å². The summed E-state index contributed by atoms with van der Waals surface area (Å²) in [5.41, 5.74) is 7.17. The monoisotopic (exact) mass is 1030 g/mol. The number of carbonyl (C=O) groups excluding carboxylic acids is 2. The average Bonchev–Trinajstić information content (AvgIpc) is 3.31. The molecule has 1 heterocycles. The number of allylic oxidation sites excluding steroid dienone is 1. The van der Waals surface area contributed by atoms with E-state index in [2.05, 4.69) is 51.1 Å². The van der Waals surface area contributed by atoms with Gasteiger partial charge >= 0.3 is 5.51 Å². The molecule has 0 aromatic heterocycles. The average molecular weight is 1030 g/mol. The second kappa shape index (κ2) is 23.1. The van der Waals surface area contributed by atoms with Gasteiger partial charge < -0.3 is 15.1 Å². The number of anilines is 2. The van der Waals surface area contributed by atoms with E-state index in [0.717, 1.165) is 61.6 Å². The van der Waals surface area contributed by atoms with Crippen molar-refractivity contribution in [1.29, 1.82) is 0 Å². The van der Waals surface area contributed by atoms with Gasteiger partial charge in [-0.3, -0.25) is 14.5 Å². The zero-order chi connectivity index (χ0) is 50.0. The number of carbonyl (C=O) groups is 2. The molecule has 6 rings (SSSR count). The van der Waals surface area contributed by atoms with Crippen LogP contribution in [0.25, 0.3) is 16.0 Å². The molecular formula is C48H56ClF3N8O6S3. The second-order valence-electron chi connectivity index (χ2n) is 17.9. The molecule has 0 radical (unpaired) electrons. The van der Waals surface area contributed by atoms with E-state index < -0.39 is 52.8 Å². The molecule has 2 N–H and O–H groups in total. The Morgan fingerprint density at radius 3 is 2.29 bits per heavy atom. The van der Waals surface area contributed by atoms with Crippen molar-refractivity contribution >= 4 is 72.0 Å². The fraction of sp³-hybridized carbons (Fsp3) is 0.417. The van der Waals surface area contributed by atoms with Gasteiger partial charge in [0, 0.05) is 97.2 Å². The number of amides is 2. The van der Waals surface area contributed by atoms with Crippen molar-refractivity contribution in [2.24, 2.45) is 10.5 Å². The highest BCUT2D eigenvalue weighted by Gasteiger charge is 2.48. The minimum atomic E-state index is -6.15. The number of hydrogen-bond donors (Lipinski definition) is 2. The van der Waals surface area contributed by atoms with Crippen molar-refractivity contribution in [3.8, 4) is 0 Å². The van der Waals surface area contributed by atoms with Crippen molar-refractivity contribution in [3.63, 3.8) is 0 Å². The summed E-state index contributed by atoms with van der Waals surface area (Å²) >= 11 is 7.52. The van der Waals surface area contributed by atoms with Crippen molar-refractivity contribution in [1.82, 2.24) is 14.5 Å². The van der Waals surface area contributed by atoms with E-state index >= 15 is 0 Å². The first-order valence-electron chi connectivity index (χ1n) is 22.4. The molecule has 69 heavy (non-hydrogen) atoms. The number of sulfonamides is 1. The first-order chi connectivity index (χ1) is 32.7. The van der Waals surface area contributed by atoms with Crippen LogP contribution in [0, 0.1) is 5.41 Å². The van der Waals surface area contributed by atoms with Gasteiger partial charge in [0.25, 0.3) is 25.8 Å². The minimum absolute atomic E-state index is 0.0400. The number of sulfone groups is 1. The summed E-state index contributed by atoms with van der Waals surface area (Å²) < 4.78 is 98.0. The van der Waals surface area contributed by atoms with Gasteiger partial charge in [-0.25, -0.2) is 21.6 Å². The number of hydrogen-bond acceptors (Lipinski definition) is 11. The fourth-order valence-corrected chi connectivity index (χ4v) is 11.5. The molecule has 0 saturated carbocycles. The summed E-state index contributed by atoms with van der Waals surface area (Å²) in [6.45, 7) is 8.73. The number of nitrogens with zero attached hydrogens (tertiary/aromatic N) is 6. The van der Waals surface area contributed by atoms with Gasteiger partial charge in [-0.15, -0.1) is 11.8 Å². The number of nitrogens with one attached hydrogen (secondary N) is 2. The first-order valence-corrected chi connectivity index (χ1v) is 26.7. The first kappa shape index (κ1) is 53.1. The molecule has 1 atom stereocenters. The van der Waals surface area contributed by atoms with Gasteiger partial charge in [0.1, 0.15) is 4.90 Å². The Hall–Kier alpha value is -5.24. The second-order valence-corrected chi connectivity index (χ2v) is 23.0. The number of azide groups is 1. The molecule has 1 saturated heterocycles. The largest absolute Gasteiger partial charge is 0.501 e. The number of benzene rings is 4. The van der Waals surface area contributed by atoms with Gasteiger partial charge in [-0.1, -0.05) is 66.5 Å². The summed E-state index contributed by atoms with van der Waals surface area (Å²) in [5, 5.41) is 6.99.